The zero-order valence-corrected chi connectivity index (χ0v) is 10.7. The van der Waals surface area contributed by atoms with E-state index in [1.54, 1.807) is 7.11 Å². The summed E-state index contributed by atoms with van der Waals surface area (Å²) in [5.41, 5.74) is 0.718. The molecule has 0 bridgehead atoms. The molecule has 12 heavy (non-hydrogen) atoms. The Labute approximate surface area is 79.2 Å². The van der Waals surface area contributed by atoms with Crippen LogP contribution in [-0.2, 0) is 4.43 Å². The Morgan fingerprint density at radius 2 is 1.83 bits per heavy atom. The van der Waals surface area contributed by atoms with Crippen LogP contribution in [-0.4, -0.2) is 35.0 Å². The molecule has 0 rings (SSSR count). The summed E-state index contributed by atoms with van der Waals surface area (Å²) in [4.78, 5) is 0. The summed E-state index contributed by atoms with van der Waals surface area (Å²) in [6.07, 6.45) is 2.44. The van der Waals surface area contributed by atoms with Gasteiger partial charge in [-0.15, -0.1) is 0 Å². The van der Waals surface area contributed by atoms with Gasteiger partial charge in [0.2, 0.25) is 0 Å². The molecule has 0 atom stereocenters. The smallest absolute Gasteiger partial charge is 0.400 e. The molecule has 2 nitrogen and oxygen atoms in total. The van der Waals surface area contributed by atoms with Crippen LogP contribution in [0.2, 0.25) is 0 Å². The van der Waals surface area contributed by atoms with Gasteiger partial charge in [0, 0.05) is 7.11 Å². The van der Waals surface area contributed by atoms with Crippen LogP contribution in [0.3, 0.4) is 0 Å². The third kappa shape index (κ3) is 3.04. The van der Waals surface area contributed by atoms with Gasteiger partial charge in [-0.1, -0.05) is 27.7 Å². The van der Waals surface area contributed by atoms with E-state index in [0.717, 1.165) is 5.66 Å². The molecule has 0 aliphatic heterocycles. The quantitative estimate of drug-likeness (QED) is 0.499. The molecular formula is C8H20NOPSi. The molecule has 0 aromatic heterocycles. The molecule has 0 N–H and O–H groups in total. The second kappa shape index (κ2) is 5.95. The number of hydrogen-bond donors (Lipinski definition) is 0. The maximum atomic E-state index is 5.04. The van der Waals surface area contributed by atoms with E-state index >= 15 is 0 Å². The topological polar surface area (TPSA) is 21.6 Å². The van der Waals surface area contributed by atoms with Crippen molar-refractivity contribution in [2.45, 2.75) is 33.4 Å². The second-order valence-electron chi connectivity index (χ2n) is 3.11. The predicted molar refractivity (Wildman–Crippen MR) is 58.3 cm³/mol. The van der Waals surface area contributed by atoms with Gasteiger partial charge in [0.05, 0.1) is 0 Å². The summed E-state index contributed by atoms with van der Waals surface area (Å²) in [6.45, 7) is 9.07. The predicted octanol–water partition coefficient (Wildman–Crippen LogP) is 2.82. The van der Waals surface area contributed by atoms with Crippen molar-refractivity contribution in [3.63, 3.8) is 0 Å². The van der Waals surface area contributed by atoms with Gasteiger partial charge in [-0.3, -0.25) is 0 Å². The van der Waals surface area contributed by atoms with E-state index in [0.29, 0.717) is 9.92 Å². The van der Waals surface area contributed by atoms with Gasteiger partial charge in [0.1, 0.15) is 0 Å². The average Bonchev–Trinajstić information content (AvgIpc) is 2.07. The van der Waals surface area contributed by atoms with Gasteiger partial charge in [-0.2, -0.15) is 0 Å². The second-order valence-corrected chi connectivity index (χ2v) is 8.77. The van der Waals surface area contributed by atoms with E-state index in [2.05, 4.69) is 27.7 Å². The van der Waals surface area contributed by atoms with Gasteiger partial charge < -0.3 is 8.84 Å². The molecule has 2 radical (unpaired) electrons. The highest BCUT2D eigenvalue weighted by Gasteiger charge is 2.18. The van der Waals surface area contributed by atoms with Crippen LogP contribution >= 0.6 is 7.05 Å². The molecule has 0 aromatic rings. The fraction of sp³-hybridized carbons (Fsp3) is 1.00. The first-order chi connectivity index (χ1) is 5.63. The highest BCUT2D eigenvalue weighted by molar-refractivity contribution is 7.67. The Morgan fingerprint density at radius 1 is 1.33 bits per heavy atom. The van der Waals surface area contributed by atoms with Crippen LogP contribution in [0.4, 0.5) is 0 Å². The van der Waals surface area contributed by atoms with E-state index in [-0.39, 0.29) is 0 Å². The highest BCUT2D eigenvalue weighted by atomic mass is 31.2. The minimum Gasteiger partial charge on any atom is -0.400 e. The fourth-order valence-corrected chi connectivity index (χ4v) is 6.27. The molecule has 0 spiro atoms. The Morgan fingerprint density at radius 3 is 2.08 bits per heavy atom. The SMILES string of the molecule is CCP(CC)(=N[Si]OC)C(C)C. The van der Waals surface area contributed by atoms with E-state index in [1.807, 2.05) is 0 Å². The molecule has 0 fully saturated rings. The first-order valence-corrected chi connectivity index (χ1v) is 7.53. The first-order valence-electron chi connectivity index (χ1n) is 4.50. The Kier molecular flexibility index (Phi) is 6.15. The van der Waals surface area contributed by atoms with Crippen LogP contribution in [0.5, 0.6) is 0 Å². The zero-order chi connectivity index (χ0) is 9.61. The maximum Gasteiger partial charge on any atom is 0.401 e. The first kappa shape index (κ1) is 12.4. The van der Waals surface area contributed by atoms with Crippen LogP contribution in [0.15, 0.2) is 4.41 Å². The van der Waals surface area contributed by atoms with E-state index in [9.17, 15) is 0 Å². The van der Waals surface area contributed by atoms with E-state index < -0.39 is 7.05 Å². The molecule has 0 heterocycles. The average molecular weight is 205 g/mol. The Hall–Kier alpha value is 0.407. The molecule has 0 aliphatic carbocycles. The van der Waals surface area contributed by atoms with Gasteiger partial charge in [0.15, 0.2) is 0 Å². The lowest BCUT2D eigenvalue weighted by atomic mass is 10.6. The van der Waals surface area contributed by atoms with Gasteiger partial charge in [-0.05, 0) is 25.0 Å². The highest BCUT2D eigenvalue weighted by Crippen LogP contribution is 2.52. The zero-order valence-electron chi connectivity index (χ0n) is 8.79. The monoisotopic (exact) mass is 205 g/mol. The number of rotatable bonds is 5. The lowest BCUT2D eigenvalue weighted by Gasteiger charge is -2.25. The van der Waals surface area contributed by atoms with Crippen LogP contribution in [0.25, 0.3) is 0 Å². The summed E-state index contributed by atoms with van der Waals surface area (Å²) in [7, 11) is 1.04. The molecule has 0 saturated carbocycles. The summed E-state index contributed by atoms with van der Waals surface area (Å²) < 4.78 is 9.77. The van der Waals surface area contributed by atoms with Crippen molar-refractivity contribution in [1.29, 1.82) is 0 Å². The molecular weight excluding hydrogens is 185 g/mol. The summed E-state index contributed by atoms with van der Waals surface area (Å²) in [5.74, 6) is 0. The molecule has 0 aliphatic rings. The Balaban J connectivity index is 4.56. The summed E-state index contributed by atoms with van der Waals surface area (Å²) in [6, 6.07) is 0. The lowest BCUT2D eigenvalue weighted by molar-refractivity contribution is 0.443. The van der Waals surface area contributed by atoms with Crippen molar-refractivity contribution in [3.8, 4) is 0 Å². The Bertz CT molecular complexity index is 162. The summed E-state index contributed by atoms with van der Waals surface area (Å²) >= 11 is 0. The largest absolute Gasteiger partial charge is 0.401 e. The van der Waals surface area contributed by atoms with Gasteiger partial charge in [-0.25, -0.2) is 0 Å². The van der Waals surface area contributed by atoms with Crippen molar-refractivity contribution in [2.24, 2.45) is 4.41 Å². The molecule has 4 heteroatoms. The third-order valence-corrected chi connectivity index (χ3v) is 8.60. The van der Waals surface area contributed by atoms with Crippen molar-refractivity contribution in [2.75, 3.05) is 19.4 Å². The van der Waals surface area contributed by atoms with Crippen molar-refractivity contribution >= 4 is 17.0 Å². The van der Waals surface area contributed by atoms with Crippen molar-refractivity contribution in [1.82, 2.24) is 0 Å². The van der Waals surface area contributed by atoms with Gasteiger partial charge in [0.25, 0.3) is 0 Å². The minimum atomic E-state index is -1.03. The molecule has 0 amide bonds. The minimum absolute atomic E-state index is 0.347. The number of hydrogen-bond acceptors (Lipinski definition) is 2. The normalized spacial score (nSPS) is 12.2. The number of nitrogens with zero attached hydrogens (tertiary/aromatic N) is 1. The molecule has 0 saturated heterocycles. The van der Waals surface area contributed by atoms with Crippen LogP contribution < -0.4 is 0 Å². The fourth-order valence-electron chi connectivity index (χ4n) is 1.33. The van der Waals surface area contributed by atoms with Crippen LogP contribution in [0, 0.1) is 0 Å². The lowest BCUT2D eigenvalue weighted by Crippen LogP contribution is -2.05. The van der Waals surface area contributed by atoms with Crippen LogP contribution in [0.1, 0.15) is 27.7 Å². The molecule has 0 unspecified atom stereocenters. The van der Waals surface area contributed by atoms with Crippen molar-refractivity contribution < 1.29 is 4.43 Å². The molecule has 72 valence electrons. The van der Waals surface area contributed by atoms with Crippen molar-refractivity contribution in [3.05, 3.63) is 0 Å². The van der Waals surface area contributed by atoms with E-state index in [4.69, 9.17) is 8.84 Å². The summed E-state index contributed by atoms with van der Waals surface area (Å²) in [5, 5.41) is 0. The molecule has 0 aromatic carbocycles. The third-order valence-electron chi connectivity index (χ3n) is 2.39. The maximum absolute atomic E-state index is 5.04. The standard InChI is InChI=1S/C8H20NOPSi/c1-6-11(7-2,8(3)4)9-12-10-5/h8H,6-7H2,1-5H3. The van der Waals surface area contributed by atoms with E-state index in [1.165, 1.54) is 12.3 Å². The van der Waals surface area contributed by atoms with Gasteiger partial charge >= 0.3 is 9.92 Å².